The lowest BCUT2D eigenvalue weighted by atomic mass is 10.2. The first kappa shape index (κ1) is 18.8. The van der Waals surface area contributed by atoms with Gasteiger partial charge in [0.25, 0.3) is 0 Å². The summed E-state index contributed by atoms with van der Waals surface area (Å²) >= 11 is 1.41. The highest BCUT2D eigenvalue weighted by atomic mass is 32.2. The molecule has 7 heteroatoms. The summed E-state index contributed by atoms with van der Waals surface area (Å²) in [5.74, 6) is 1.88. The predicted octanol–water partition coefficient (Wildman–Crippen LogP) is 4.30. The minimum atomic E-state index is 0.0522. The topological polar surface area (TPSA) is 73.0 Å². The first-order valence-corrected chi connectivity index (χ1v) is 10.6. The summed E-state index contributed by atoms with van der Waals surface area (Å²) in [5.41, 5.74) is 3.04. The molecule has 6 nitrogen and oxygen atoms in total. The number of rotatable bonds is 6. The number of nitrogens with one attached hydrogen (secondary N) is 1. The minimum Gasteiger partial charge on any atom is -0.469 e. The third-order valence-electron chi connectivity index (χ3n) is 5.08. The van der Waals surface area contributed by atoms with E-state index in [2.05, 4.69) is 34.6 Å². The lowest BCUT2D eigenvalue weighted by Crippen LogP contribution is -2.33. The largest absolute Gasteiger partial charge is 0.469 e. The molecule has 4 rings (SSSR count). The van der Waals surface area contributed by atoms with Gasteiger partial charge in [0, 0.05) is 11.7 Å². The molecule has 1 aromatic carbocycles. The first-order valence-electron chi connectivity index (χ1n) is 9.61. The van der Waals surface area contributed by atoms with Crippen molar-refractivity contribution in [2.45, 2.75) is 50.7 Å². The Morgan fingerprint density at radius 2 is 1.93 bits per heavy atom. The maximum atomic E-state index is 12.4. The molecule has 0 spiro atoms. The fraction of sp³-hybridized carbons (Fsp3) is 0.381. The van der Waals surface area contributed by atoms with Crippen molar-refractivity contribution < 1.29 is 9.21 Å². The van der Waals surface area contributed by atoms with Gasteiger partial charge in [0.05, 0.1) is 17.6 Å². The zero-order valence-electron chi connectivity index (χ0n) is 16.1. The van der Waals surface area contributed by atoms with Gasteiger partial charge in [-0.25, -0.2) is 0 Å². The summed E-state index contributed by atoms with van der Waals surface area (Å²) in [7, 11) is 0. The Morgan fingerprint density at radius 1 is 1.18 bits per heavy atom. The standard InChI is InChI=1S/C21H24N4O2S/c1-14-7-9-17(10-8-14)25-20(18-11-12-27-15(18)2)23-24-21(25)28-13-19(26)22-16-5-3-4-6-16/h7-12,16H,3-6,13H2,1-2H3,(H,22,26). The van der Waals surface area contributed by atoms with Crippen LogP contribution in [0.1, 0.15) is 37.0 Å². The number of hydrogen-bond donors (Lipinski definition) is 1. The monoisotopic (exact) mass is 396 g/mol. The molecule has 2 aromatic heterocycles. The molecule has 146 valence electrons. The average Bonchev–Trinajstić information content (AvgIpc) is 3.42. The number of aromatic nitrogens is 3. The highest BCUT2D eigenvalue weighted by molar-refractivity contribution is 7.99. The van der Waals surface area contributed by atoms with Crippen molar-refractivity contribution in [2.75, 3.05) is 5.75 Å². The lowest BCUT2D eigenvalue weighted by Gasteiger charge is -2.12. The Morgan fingerprint density at radius 3 is 2.61 bits per heavy atom. The van der Waals surface area contributed by atoms with E-state index in [1.54, 1.807) is 6.26 Å². The first-order chi connectivity index (χ1) is 13.6. The van der Waals surface area contributed by atoms with E-state index in [4.69, 9.17) is 4.42 Å². The smallest absolute Gasteiger partial charge is 0.230 e. The van der Waals surface area contributed by atoms with Gasteiger partial charge in [-0.1, -0.05) is 42.3 Å². The number of nitrogens with zero attached hydrogens (tertiary/aromatic N) is 3. The van der Waals surface area contributed by atoms with E-state index in [0.717, 1.165) is 29.9 Å². The van der Waals surface area contributed by atoms with Crippen molar-refractivity contribution >= 4 is 17.7 Å². The molecule has 0 radical (unpaired) electrons. The fourth-order valence-electron chi connectivity index (χ4n) is 3.55. The highest BCUT2D eigenvalue weighted by Crippen LogP contribution is 2.30. The molecule has 0 atom stereocenters. The van der Waals surface area contributed by atoms with Gasteiger partial charge in [-0.3, -0.25) is 9.36 Å². The van der Waals surface area contributed by atoms with Gasteiger partial charge in [0.15, 0.2) is 11.0 Å². The van der Waals surface area contributed by atoms with Gasteiger partial charge in [0.1, 0.15) is 5.76 Å². The Hall–Kier alpha value is -2.54. The second-order valence-corrected chi connectivity index (χ2v) is 8.15. The average molecular weight is 397 g/mol. The Labute approximate surface area is 168 Å². The number of aryl methyl sites for hydroxylation is 2. The van der Waals surface area contributed by atoms with Gasteiger partial charge in [0.2, 0.25) is 5.91 Å². The van der Waals surface area contributed by atoms with Crippen LogP contribution in [0, 0.1) is 13.8 Å². The van der Waals surface area contributed by atoms with Gasteiger partial charge in [-0.15, -0.1) is 10.2 Å². The molecule has 1 fully saturated rings. The quantitative estimate of drug-likeness (QED) is 0.629. The molecule has 1 aliphatic carbocycles. The number of benzene rings is 1. The Kier molecular flexibility index (Phi) is 5.52. The van der Waals surface area contributed by atoms with Crippen LogP contribution in [0.15, 0.2) is 46.2 Å². The zero-order valence-corrected chi connectivity index (χ0v) is 17.0. The second-order valence-electron chi connectivity index (χ2n) is 7.21. The lowest BCUT2D eigenvalue weighted by molar-refractivity contribution is -0.119. The van der Waals surface area contributed by atoms with E-state index in [1.165, 1.54) is 30.2 Å². The second kappa shape index (κ2) is 8.22. The van der Waals surface area contributed by atoms with E-state index in [-0.39, 0.29) is 5.91 Å². The van der Waals surface area contributed by atoms with Crippen molar-refractivity contribution in [1.82, 2.24) is 20.1 Å². The van der Waals surface area contributed by atoms with Gasteiger partial charge < -0.3 is 9.73 Å². The fourth-order valence-corrected chi connectivity index (χ4v) is 4.31. The Balaban J connectivity index is 1.59. The van der Waals surface area contributed by atoms with Crippen molar-refractivity contribution in [3.8, 4) is 17.1 Å². The molecule has 1 amide bonds. The van der Waals surface area contributed by atoms with Crippen LogP contribution >= 0.6 is 11.8 Å². The van der Waals surface area contributed by atoms with Crippen LogP contribution < -0.4 is 5.32 Å². The molecule has 1 aliphatic rings. The molecule has 0 bridgehead atoms. The third kappa shape index (κ3) is 3.99. The summed E-state index contributed by atoms with van der Waals surface area (Å²) in [5, 5.41) is 12.6. The third-order valence-corrected chi connectivity index (χ3v) is 6.01. The van der Waals surface area contributed by atoms with Gasteiger partial charge in [-0.05, 0) is 44.9 Å². The van der Waals surface area contributed by atoms with Crippen molar-refractivity contribution in [3.63, 3.8) is 0 Å². The molecule has 0 saturated heterocycles. The summed E-state index contributed by atoms with van der Waals surface area (Å²) < 4.78 is 7.45. The molecule has 2 heterocycles. The molecule has 28 heavy (non-hydrogen) atoms. The van der Waals surface area contributed by atoms with Crippen LogP contribution in [-0.2, 0) is 4.79 Å². The summed E-state index contributed by atoms with van der Waals surface area (Å²) in [6, 6.07) is 10.4. The van der Waals surface area contributed by atoms with E-state index in [9.17, 15) is 4.79 Å². The van der Waals surface area contributed by atoms with Crippen LogP contribution in [0.3, 0.4) is 0 Å². The summed E-state index contributed by atoms with van der Waals surface area (Å²) in [6.45, 7) is 3.96. The van der Waals surface area contributed by atoms with E-state index >= 15 is 0 Å². The van der Waals surface area contributed by atoms with Crippen LogP contribution in [0.2, 0.25) is 0 Å². The molecule has 3 aromatic rings. The number of amides is 1. The molecule has 1 N–H and O–H groups in total. The SMILES string of the molecule is Cc1ccc(-n2c(SCC(=O)NC3CCCC3)nnc2-c2ccoc2C)cc1. The van der Waals surface area contributed by atoms with Crippen molar-refractivity contribution in [3.05, 3.63) is 47.9 Å². The number of thioether (sulfide) groups is 1. The predicted molar refractivity (Wildman–Crippen MR) is 110 cm³/mol. The van der Waals surface area contributed by atoms with E-state index < -0.39 is 0 Å². The molecule has 1 saturated carbocycles. The van der Waals surface area contributed by atoms with Crippen LogP contribution in [0.25, 0.3) is 17.1 Å². The maximum Gasteiger partial charge on any atom is 0.230 e. The van der Waals surface area contributed by atoms with Gasteiger partial charge in [-0.2, -0.15) is 0 Å². The molecular formula is C21H24N4O2S. The maximum absolute atomic E-state index is 12.4. The number of carbonyl (C=O) groups excluding carboxylic acids is 1. The molecule has 0 unspecified atom stereocenters. The normalized spacial score (nSPS) is 14.5. The van der Waals surface area contributed by atoms with Crippen molar-refractivity contribution in [2.24, 2.45) is 0 Å². The number of hydrogen-bond acceptors (Lipinski definition) is 5. The molecular weight excluding hydrogens is 372 g/mol. The Bertz CT molecular complexity index is 955. The number of carbonyl (C=O) groups is 1. The van der Waals surface area contributed by atoms with E-state index in [1.807, 2.05) is 29.7 Å². The highest BCUT2D eigenvalue weighted by Gasteiger charge is 2.21. The van der Waals surface area contributed by atoms with Crippen LogP contribution in [0.5, 0.6) is 0 Å². The van der Waals surface area contributed by atoms with E-state index in [0.29, 0.717) is 22.8 Å². The van der Waals surface area contributed by atoms with Crippen molar-refractivity contribution in [1.29, 1.82) is 0 Å². The van der Waals surface area contributed by atoms with Gasteiger partial charge >= 0.3 is 0 Å². The minimum absolute atomic E-state index is 0.0522. The summed E-state index contributed by atoms with van der Waals surface area (Å²) in [6.07, 6.45) is 6.22. The zero-order chi connectivity index (χ0) is 19.5. The van der Waals surface area contributed by atoms with Crippen LogP contribution in [-0.4, -0.2) is 32.5 Å². The molecule has 0 aliphatic heterocycles. The number of furan rings is 1. The van der Waals surface area contributed by atoms with Crippen LogP contribution in [0.4, 0.5) is 0 Å². The summed E-state index contributed by atoms with van der Waals surface area (Å²) in [4.78, 5) is 12.4.